The van der Waals surface area contributed by atoms with Gasteiger partial charge in [-0.2, -0.15) is 0 Å². The highest BCUT2D eigenvalue weighted by Crippen LogP contribution is 2.33. The predicted molar refractivity (Wildman–Crippen MR) is 106 cm³/mol. The number of ketones is 1. The molecule has 0 aromatic heterocycles. The van der Waals surface area contributed by atoms with Gasteiger partial charge < -0.3 is 15.3 Å². The van der Waals surface area contributed by atoms with Crippen molar-refractivity contribution < 1.29 is 24.9 Å². The van der Waals surface area contributed by atoms with Crippen LogP contribution >= 0.6 is 0 Å². The van der Waals surface area contributed by atoms with Gasteiger partial charge in [-0.1, -0.05) is 55.5 Å². The average Bonchev–Trinajstić information content (AvgIpc) is 2.89. The number of aliphatic carboxylic acids is 1. The topological polar surface area (TPSA) is 94.8 Å². The number of carboxylic acid groups (broad SMARTS) is 1. The minimum Gasteiger partial charge on any atom is -0.481 e. The monoisotopic (exact) mass is 376 g/mol. The Balaban J connectivity index is 2.48. The summed E-state index contributed by atoms with van der Waals surface area (Å²) < 4.78 is 0. The summed E-state index contributed by atoms with van der Waals surface area (Å²) >= 11 is 0. The van der Waals surface area contributed by atoms with E-state index in [-0.39, 0.29) is 31.0 Å². The first-order valence-corrected chi connectivity index (χ1v) is 9.69. The minimum absolute atomic E-state index is 0.0369. The molecule has 0 aromatic carbocycles. The van der Waals surface area contributed by atoms with Crippen molar-refractivity contribution >= 4 is 11.8 Å². The van der Waals surface area contributed by atoms with Gasteiger partial charge in [-0.15, -0.1) is 0 Å². The van der Waals surface area contributed by atoms with Crippen LogP contribution in [0.4, 0.5) is 0 Å². The van der Waals surface area contributed by atoms with Gasteiger partial charge in [-0.3, -0.25) is 9.59 Å². The van der Waals surface area contributed by atoms with E-state index >= 15 is 0 Å². The molecule has 5 heteroatoms. The highest BCUT2D eigenvalue weighted by molar-refractivity contribution is 5.86. The summed E-state index contributed by atoms with van der Waals surface area (Å²) in [7, 11) is 0. The third-order valence-electron chi connectivity index (χ3n) is 4.62. The van der Waals surface area contributed by atoms with E-state index in [1.807, 2.05) is 12.2 Å². The Morgan fingerprint density at radius 3 is 2.41 bits per heavy atom. The number of allylic oxidation sites excluding steroid dienone is 7. The van der Waals surface area contributed by atoms with Gasteiger partial charge in [0.2, 0.25) is 0 Å². The molecule has 0 radical (unpaired) electrons. The number of hydrogen-bond acceptors (Lipinski definition) is 4. The van der Waals surface area contributed by atoms with Gasteiger partial charge in [0.1, 0.15) is 5.78 Å². The molecule has 0 saturated heterocycles. The lowest BCUT2D eigenvalue weighted by Crippen LogP contribution is -2.19. The van der Waals surface area contributed by atoms with E-state index in [4.69, 9.17) is 5.11 Å². The molecule has 0 spiro atoms. The summed E-state index contributed by atoms with van der Waals surface area (Å²) in [5, 5.41) is 28.6. The normalized spacial score (nSPS) is 24.9. The molecule has 27 heavy (non-hydrogen) atoms. The molecule has 1 aliphatic carbocycles. The van der Waals surface area contributed by atoms with Crippen LogP contribution in [-0.2, 0) is 9.59 Å². The Morgan fingerprint density at radius 2 is 1.78 bits per heavy atom. The van der Waals surface area contributed by atoms with Crippen LogP contribution in [-0.4, -0.2) is 39.3 Å². The summed E-state index contributed by atoms with van der Waals surface area (Å²) in [6.45, 7) is 2.10. The zero-order valence-electron chi connectivity index (χ0n) is 16.0. The molecule has 1 rings (SSSR count). The lowest BCUT2D eigenvalue weighted by atomic mass is 9.90. The van der Waals surface area contributed by atoms with Crippen LogP contribution in [0.2, 0.25) is 0 Å². The first kappa shape index (κ1) is 23.1. The van der Waals surface area contributed by atoms with Crippen molar-refractivity contribution in [2.45, 2.75) is 64.1 Å². The molecule has 0 aromatic rings. The van der Waals surface area contributed by atoms with Gasteiger partial charge >= 0.3 is 5.97 Å². The molecular weight excluding hydrogens is 344 g/mol. The largest absolute Gasteiger partial charge is 0.481 e. The number of Topliss-reactive ketones (excluding diaryl/α,β-unsaturated/α-hetero) is 1. The van der Waals surface area contributed by atoms with Crippen LogP contribution in [0.1, 0.15) is 51.9 Å². The predicted octanol–water partition coefficient (Wildman–Crippen LogP) is 3.58. The molecule has 0 bridgehead atoms. The zero-order valence-corrected chi connectivity index (χ0v) is 16.0. The molecule has 1 fully saturated rings. The van der Waals surface area contributed by atoms with E-state index in [1.165, 1.54) is 6.08 Å². The molecule has 0 unspecified atom stereocenters. The Hall–Kier alpha value is -1.98. The van der Waals surface area contributed by atoms with Crippen LogP contribution in [0.3, 0.4) is 0 Å². The standard InChI is InChI=1S/C22H32O5/c1-2-3-4-5-6-7-8-9-10-11-18-19(21(25)16-20(18)24)14-12-17(23)13-15-22(26)27/h3-4,6-7,9-10,12,14,17-20,23-24H,2,5,8,11,13,15-16H2,1H3,(H,26,27)/b4-3-,7-6-,10-9-,14-12+/t17-,18+,19+,20+/m1/s1. The van der Waals surface area contributed by atoms with Gasteiger partial charge in [-0.25, -0.2) is 0 Å². The smallest absolute Gasteiger partial charge is 0.303 e. The second-order valence-corrected chi connectivity index (χ2v) is 6.84. The molecule has 5 nitrogen and oxygen atoms in total. The van der Waals surface area contributed by atoms with E-state index < -0.39 is 24.1 Å². The van der Waals surface area contributed by atoms with E-state index in [9.17, 15) is 19.8 Å². The molecule has 4 atom stereocenters. The van der Waals surface area contributed by atoms with Crippen molar-refractivity contribution in [3.05, 3.63) is 48.6 Å². The number of aliphatic hydroxyl groups is 2. The fourth-order valence-corrected chi connectivity index (χ4v) is 3.10. The summed E-state index contributed by atoms with van der Waals surface area (Å²) in [5.74, 6) is -1.63. The highest BCUT2D eigenvalue weighted by Gasteiger charge is 2.39. The molecule has 150 valence electrons. The Bertz CT molecular complexity index is 573. The van der Waals surface area contributed by atoms with Crippen molar-refractivity contribution in [3.63, 3.8) is 0 Å². The van der Waals surface area contributed by atoms with Gasteiger partial charge in [0.25, 0.3) is 0 Å². The maximum atomic E-state index is 12.1. The number of carboxylic acids is 1. The second-order valence-electron chi connectivity index (χ2n) is 6.84. The first-order chi connectivity index (χ1) is 13.0. The minimum atomic E-state index is -0.965. The summed E-state index contributed by atoms with van der Waals surface area (Å²) in [6, 6.07) is 0. The van der Waals surface area contributed by atoms with Crippen LogP contribution in [0.25, 0.3) is 0 Å². The van der Waals surface area contributed by atoms with Crippen molar-refractivity contribution in [3.8, 4) is 0 Å². The Labute approximate surface area is 161 Å². The molecule has 0 aliphatic heterocycles. The number of carbonyl (C=O) groups excluding carboxylic acids is 1. The number of rotatable bonds is 12. The Kier molecular flexibility index (Phi) is 11.3. The van der Waals surface area contributed by atoms with Crippen LogP contribution < -0.4 is 0 Å². The van der Waals surface area contributed by atoms with Gasteiger partial charge in [-0.05, 0) is 32.1 Å². The summed E-state index contributed by atoms with van der Waals surface area (Å²) in [4.78, 5) is 22.6. The van der Waals surface area contributed by atoms with Gasteiger partial charge in [0, 0.05) is 24.7 Å². The van der Waals surface area contributed by atoms with Crippen molar-refractivity contribution in [2.75, 3.05) is 0 Å². The molecule has 3 N–H and O–H groups in total. The van der Waals surface area contributed by atoms with E-state index in [2.05, 4.69) is 31.2 Å². The van der Waals surface area contributed by atoms with Crippen molar-refractivity contribution in [1.29, 1.82) is 0 Å². The zero-order chi connectivity index (χ0) is 20.1. The van der Waals surface area contributed by atoms with E-state index in [1.54, 1.807) is 6.08 Å². The van der Waals surface area contributed by atoms with Crippen LogP contribution in [0.5, 0.6) is 0 Å². The SMILES string of the molecule is CC/C=C\C/C=C\C/C=C\C[C@H]1[C@H](/C=C/[C@@H](O)CCC(=O)O)C(=O)C[C@@H]1O. The first-order valence-electron chi connectivity index (χ1n) is 9.69. The maximum Gasteiger partial charge on any atom is 0.303 e. The number of hydrogen-bond donors (Lipinski definition) is 3. The highest BCUT2D eigenvalue weighted by atomic mass is 16.4. The fourth-order valence-electron chi connectivity index (χ4n) is 3.10. The number of carbonyl (C=O) groups is 2. The van der Waals surface area contributed by atoms with Gasteiger partial charge in [0.15, 0.2) is 0 Å². The second kappa shape index (κ2) is 13.2. The summed E-state index contributed by atoms with van der Waals surface area (Å²) in [6.07, 6.45) is 17.5. The molecule has 1 aliphatic rings. The quantitative estimate of drug-likeness (QED) is 0.453. The van der Waals surface area contributed by atoms with Crippen molar-refractivity contribution in [1.82, 2.24) is 0 Å². The molecule has 1 saturated carbocycles. The molecule has 0 amide bonds. The third-order valence-corrected chi connectivity index (χ3v) is 4.62. The fraction of sp³-hybridized carbons (Fsp3) is 0.545. The number of aliphatic hydroxyl groups excluding tert-OH is 2. The van der Waals surface area contributed by atoms with Gasteiger partial charge in [0.05, 0.1) is 12.2 Å². The maximum absolute atomic E-state index is 12.1. The summed E-state index contributed by atoms with van der Waals surface area (Å²) in [5.41, 5.74) is 0. The molecular formula is C22H32O5. The van der Waals surface area contributed by atoms with E-state index in [0.29, 0.717) is 6.42 Å². The Morgan fingerprint density at radius 1 is 1.15 bits per heavy atom. The van der Waals surface area contributed by atoms with Crippen LogP contribution in [0, 0.1) is 11.8 Å². The third kappa shape index (κ3) is 9.50. The van der Waals surface area contributed by atoms with Crippen molar-refractivity contribution in [2.24, 2.45) is 11.8 Å². The lowest BCUT2D eigenvalue weighted by Gasteiger charge is -2.17. The average molecular weight is 376 g/mol. The molecule has 0 heterocycles. The van der Waals surface area contributed by atoms with Crippen LogP contribution in [0.15, 0.2) is 48.6 Å². The van der Waals surface area contributed by atoms with E-state index in [0.717, 1.165) is 19.3 Å². The lowest BCUT2D eigenvalue weighted by molar-refractivity contribution is -0.137.